The number of carbonyl (C=O) groups excluding carboxylic acids is 1. The summed E-state index contributed by atoms with van der Waals surface area (Å²) < 4.78 is 0. The fourth-order valence-corrected chi connectivity index (χ4v) is 3.64. The number of carbonyl (C=O) groups is 1. The average molecular weight is 310 g/mol. The summed E-state index contributed by atoms with van der Waals surface area (Å²) in [6.07, 6.45) is 5.98. The summed E-state index contributed by atoms with van der Waals surface area (Å²) in [5, 5.41) is 3.97. The van der Waals surface area contributed by atoms with Gasteiger partial charge in [-0.25, -0.2) is 4.98 Å². The van der Waals surface area contributed by atoms with Gasteiger partial charge in [-0.3, -0.25) is 4.79 Å². The van der Waals surface area contributed by atoms with Gasteiger partial charge in [0, 0.05) is 19.6 Å². The smallest absolute Gasteiger partial charge is 0.265 e. The van der Waals surface area contributed by atoms with Gasteiger partial charge in [-0.2, -0.15) is 0 Å². The molecule has 0 aromatic carbocycles. The maximum Gasteiger partial charge on any atom is 0.265 e. The topological polar surface area (TPSA) is 71.2 Å². The third-order valence-corrected chi connectivity index (χ3v) is 5.51. The predicted molar refractivity (Wildman–Crippen MR) is 89.0 cm³/mol. The van der Waals surface area contributed by atoms with Gasteiger partial charge in [0.25, 0.3) is 5.91 Å². The molecule has 1 aromatic rings. The summed E-state index contributed by atoms with van der Waals surface area (Å²) in [6.45, 7) is 5.11. The summed E-state index contributed by atoms with van der Waals surface area (Å²) in [4.78, 5) is 19.3. The molecule has 0 radical (unpaired) electrons. The number of aromatic nitrogens is 1. The molecule has 21 heavy (non-hydrogen) atoms. The van der Waals surface area contributed by atoms with E-state index in [-0.39, 0.29) is 11.9 Å². The molecule has 1 heterocycles. The third-order valence-electron chi connectivity index (χ3n) is 4.33. The second-order valence-corrected chi connectivity index (χ2v) is 6.90. The number of nitrogens with one attached hydrogen (secondary N) is 1. The lowest BCUT2D eigenvalue weighted by molar-refractivity contribution is 0.0926. The molecule has 2 atom stereocenters. The molecule has 1 aliphatic rings. The molecular formula is C15H26N4OS. The van der Waals surface area contributed by atoms with Crippen LogP contribution in [0.15, 0.2) is 0 Å². The molecule has 0 spiro atoms. The molecule has 3 N–H and O–H groups in total. The van der Waals surface area contributed by atoms with Crippen molar-refractivity contribution in [2.45, 2.75) is 52.0 Å². The van der Waals surface area contributed by atoms with Gasteiger partial charge in [-0.15, -0.1) is 0 Å². The van der Waals surface area contributed by atoms with Crippen LogP contribution in [0.3, 0.4) is 0 Å². The van der Waals surface area contributed by atoms with Gasteiger partial charge in [0.15, 0.2) is 5.13 Å². The van der Waals surface area contributed by atoms with E-state index in [1.165, 1.54) is 37.0 Å². The number of thiazole rings is 1. The van der Waals surface area contributed by atoms with Gasteiger partial charge in [0.1, 0.15) is 10.7 Å². The number of hydrogen-bond acceptors (Lipinski definition) is 5. The van der Waals surface area contributed by atoms with Crippen LogP contribution in [0.1, 0.15) is 55.6 Å². The number of nitrogen functional groups attached to an aromatic ring is 1. The third kappa shape index (κ3) is 3.87. The minimum Gasteiger partial charge on any atom is -0.382 e. The summed E-state index contributed by atoms with van der Waals surface area (Å²) >= 11 is 1.37. The Balaban J connectivity index is 2.07. The predicted octanol–water partition coefficient (Wildman–Crippen LogP) is 2.88. The first-order chi connectivity index (χ1) is 10.0. The summed E-state index contributed by atoms with van der Waals surface area (Å²) in [5.41, 5.74) is 5.92. The summed E-state index contributed by atoms with van der Waals surface area (Å²) in [7, 11) is 1.95. The first-order valence-electron chi connectivity index (χ1n) is 7.81. The Kier molecular flexibility index (Phi) is 5.45. The van der Waals surface area contributed by atoms with Crippen LogP contribution in [0.25, 0.3) is 0 Å². The number of hydrogen-bond donors (Lipinski definition) is 2. The highest BCUT2D eigenvalue weighted by Crippen LogP contribution is 2.28. The maximum atomic E-state index is 12.5. The van der Waals surface area contributed by atoms with Crippen LogP contribution in [0.2, 0.25) is 0 Å². The van der Waals surface area contributed by atoms with Crippen molar-refractivity contribution in [3.8, 4) is 0 Å². The first kappa shape index (κ1) is 16.1. The van der Waals surface area contributed by atoms with E-state index in [1.807, 2.05) is 18.9 Å². The van der Waals surface area contributed by atoms with E-state index < -0.39 is 0 Å². The Labute approximate surface area is 130 Å². The number of nitrogens with zero attached hydrogens (tertiary/aromatic N) is 2. The molecule has 5 nitrogen and oxygen atoms in total. The Morgan fingerprint density at radius 1 is 1.43 bits per heavy atom. The van der Waals surface area contributed by atoms with E-state index >= 15 is 0 Å². The van der Waals surface area contributed by atoms with Crippen molar-refractivity contribution in [1.29, 1.82) is 0 Å². The molecule has 6 heteroatoms. The Morgan fingerprint density at radius 3 is 2.86 bits per heavy atom. The highest BCUT2D eigenvalue weighted by molar-refractivity contribution is 7.18. The number of amides is 1. The lowest BCUT2D eigenvalue weighted by Gasteiger charge is -2.22. The fraction of sp³-hybridized carbons (Fsp3) is 0.733. The van der Waals surface area contributed by atoms with Crippen LogP contribution >= 0.6 is 11.3 Å². The van der Waals surface area contributed by atoms with Gasteiger partial charge in [-0.1, -0.05) is 37.5 Å². The average Bonchev–Trinajstić information content (AvgIpc) is 2.75. The lowest BCUT2D eigenvalue weighted by Crippen LogP contribution is -2.38. The Bertz CT molecular complexity index is 488. The van der Waals surface area contributed by atoms with E-state index in [2.05, 4.69) is 17.2 Å². The van der Waals surface area contributed by atoms with Crippen LogP contribution in [0.4, 0.5) is 10.9 Å². The van der Waals surface area contributed by atoms with Crippen molar-refractivity contribution in [3.05, 3.63) is 4.88 Å². The van der Waals surface area contributed by atoms with Gasteiger partial charge in [0.05, 0.1) is 0 Å². The van der Waals surface area contributed by atoms with Gasteiger partial charge in [-0.05, 0) is 25.7 Å². The van der Waals surface area contributed by atoms with Crippen molar-refractivity contribution < 1.29 is 4.79 Å². The van der Waals surface area contributed by atoms with Crippen molar-refractivity contribution in [3.63, 3.8) is 0 Å². The summed E-state index contributed by atoms with van der Waals surface area (Å²) in [5.74, 6) is 0.803. The molecule has 0 saturated heterocycles. The summed E-state index contributed by atoms with van der Waals surface area (Å²) in [6, 6.07) is 0.258. The van der Waals surface area contributed by atoms with E-state index in [0.29, 0.717) is 16.6 Å². The zero-order chi connectivity index (χ0) is 15.4. The van der Waals surface area contributed by atoms with Crippen LogP contribution in [0, 0.1) is 5.92 Å². The molecule has 1 aromatic heterocycles. The van der Waals surface area contributed by atoms with Crippen molar-refractivity contribution in [2.24, 2.45) is 5.92 Å². The first-order valence-corrected chi connectivity index (χ1v) is 8.62. The SMILES string of the molecule is CCN(C)c1nc(N)c(C(=O)NC2CCCCCC2C)s1. The van der Waals surface area contributed by atoms with Crippen LogP contribution < -0.4 is 16.0 Å². The largest absolute Gasteiger partial charge is 0.382 e. The normalized spacial score (nSPS) is 22.6. The molecule has 1 aliphatic carbocycles. The molecule has 1 saturated carbocycles. The van der Waals surface area contributed by atoms with E-state index in [1.54, 1.807) is 0 Å². The molecule has 0 bridgehead atoms. The molecule has 2 unspecified atom stereocenters. The van der Waals surface area contributed by atoms with Crippen molar-refractivity contribution >= 4 is 28.2 Å². The van der Waals surface area contributed by atoms with Crippen molar-refractivity contribution in [2.75, 3.05) is 24.2 Å². The molecule has 118 valence electrons. The Morgan fingerprint density at radius 2 is 2.14 bits per heavy atom. The maximum absolute atomic E-state index is 12.5. The number of nitrogens with two attached hydrogens (primary N) is 1. The van der Waals surface area contributed by atoms with Gasteiger partial charge < -0.3 is 16.0 Å². The lowest BCUT2D eigenvalue weighted by atomic mass is 9.97. The zero-order valence-corrected chi connectivity index (χ0v) is 14.0. The number of anilines is 2. The van der Waals surface area contributed by atoms with Gasteiger partial charge in [0.2, 0.25) is 0 Å². The second-order valence-electron chi connectivity index (χ2n) is 5.92. The fourth-order valence-electron chi connectivity index (χ4n) is 2.72. The highest BCUT2D eigenvalue weighted by Gasteiger charge is 2.24. The standard InChI is InChI=1S/C15H26N4OS/c1-4-19(3)15-18-13(16)12(21-15)14(20)17-11-9-7-5-6-8-10(11)2/h10-11H,4-9,16H2,1-3H3,(H,17,20). The van der Waals surface area contributed by atoms with Crippen LogP contribution in [-0.4, -0.2) is 30.5 Å². The van der Waals surface area contributed by atoms with E-state index in [9.17, 15) is 4.79 Å². The molecular weight excluding hydrogens is 284 g/mol. The van der Waals surface area contributed by atoms with Crippen LogP contribution in [0.5, 0.6) is 0 Å². The quantitative estimate of drug-likeness (QED) is 0.839. The highest BCUT2D eigenvalue weighted by atomic mass is 32.1. The van der Waals surface area contributed by atoms with Crippen molar-refractivity contribution in [1.82, 2.24) is 10.3 Å². The Hall–Kier alpha value is -1.30. The van der Waals surface area contributed by atoms with Gasteiger partial charge >= 0.3 is 0 Å². The monoisotopic (exact) mass is 310 g/mol. The van der Waals surface area contributed by atoms with E-state index in [0.717, 1.165) is 18.1 Å². The molecule has 2 rings (SSSR count). The molecule has 1 fully saturated rings. The minimum absolute atomic E-state index is 0.0699. The van der Waals surface area contributed by atoms with Crippen LogP contribution in [-0.2, 0) is 0 Å². The zero-order valence-electron chi connectivity index (χ0n) is 13.2. The molecule has 1 amide bonds. The minimum atomic E-state index is -0.0699. The molecule has 0 aliphatic heterocycles. The van der Waals surface area contributed by atoms with E-state index in [4.69, 9.17) is 5.73 Å². The number of rotatable bonds is 4. The second kappa shape index (κ2) is 7.11.